The van der Waals surface area contributed by atoms with E-state index in [1.165, 1.54) is 0 Å². The molecule has 0 bridgehead atoms. The van der Waals surface area contributed by atoms with Crippen molar-refractivity contribution in [1.29, 1.82) is 0 Å². The molecule has 2 rings (SSSR count). The van der Waals surface area contributed by atoms with E-state index in [2.05, 4.69) is 24.0 Å². The second kappa shape index (κ2) is 4.91. The minimum atomic E-state index is 0.527. The number of aromatic amines is 1. The zero-order valence-corrected chi connectivity index (χ0v) is 10.1. The maximum absolute atomic E-state index is 5.76. The molecule has 0 aliphatic heterocycles. The molecule has 1 heterocycles. The maximum Gasteiger partial charge on any atom is 0.126 e. The first-order valence-electron chi connectivity index (χ1n) is 5.69. The molecular weight excluding hydrogens is 214 g/mol. The van der Waals surface area contributed by atoms with Gasteiger partial charge in [-0.1, -0.05) is 26.0 Å². The van der Waals surface area contributed by atoms with Crippen LogP contribution in [0, 0.1) is 5.92 Å². The Morgan fingerprint density at radius 3 is 2.53 bits per heavy atom. The molecule has 3 N–H and O–H groups in total. The molecule has 2 aromatic rings. The van der Waals surface area contributed by atoms with Crippen LogP contribution in [0.1, 0.15) is 13.8 Å². The second-order valence-electron chi connectivity index (χ2n) is 4.43. The molecule has 0 aliphatic carbocycles. The highest BCUT2D eigenvalue weighted by atomic mass is 16.5. The van der Waals surface area contributed by atoms with Gasteiger partial charge in [-0.05, 0) is 23.6 Å². The molecule has 0 amide bonds. The molecule has 0 spiro atoms. The van der Waals surface area contributed by atoms with Crippen molar-refractivity contribution in [2.45, 2.75) is 13.8 Å². The first kappa shape index (κ1) is 11.5. The number of aromatic nitrogens is 2. The highest BCUT2D eigenvalue weighted by molar-refractivity contribution is 5.73. The van der Waals surface area contributed by atoms with Gasteiger partial charge < -0.3 is 10.5 Å². The lowest BCUT2D eigenvalue weighted by Gasteiger charge is -2.08. The lowest BCUT2D eigenvalue weighted by Crippen LogP contribution is -2.04. The standard InChI is InChI=1S/C13H17N3O/c1-9(2)8-17-11-5-3-10(4-6-11)12-7-15-16-13(12)14/h3-7,9H,8H2,1-2H3,(H3,14,15,16). The molecular formula is C13H17N3O. The summed E-state index contributed by atoms with van der Waals surface area (Å²) < 4.78 is 5.62. The van der Waals surface area contributed by atoms with Gasteiger partial charge in [0.15, 0.2) is 0 Å². The summed E-state index contributed by atoms with van der Waals surface area (Å²) in [6.45, 7) is 4.98. The molecule has 4 heteroatoms. The number of rotatable bonds is 4. The first-order chi connectivity index (χ1) is 8.16. The van der Waals surface area contributed by atoms with Crippen LogP contribution in [0.15, 0.2) is 30.5 Å². The largest absolute Gasteiger partial charge is 0.493 e. The number of ether oxygens (including phenoxy) is 1. The number of hydrogen-bond donors (Lipinski definition) is 2. The number of nitrogens with one attached hydrogen (secondary N) is 1. The minimum absolute atomic E-state index is 0.527. The fourth-order valence-corrected chi connectivity index (χ4v) is 1.52. The fraction of sp³-hybridized carbons (Fsp3) is 0.308. The number of benzene rings is 1. The third kappa shape index (κ3) is 2.78. The number of nitrogen functional groups attached to an aromatic ring is 1. The molecule has 0 saturated heterocycles. The normalized spacial score (nSPS) is 10.8. The molecule has 1 aromatic carbocycles. The van der Waals surface area contributed by atoms with Gasteiger partial charge >= 0.3 is 0 Å². The van der Waals surface area contributed by atoms with Crippen LogP contribution in [0.5, 0.6) is 5.75 Å². The van der Waals surface area contributed by atoms with Crippen LogP contribution in [-0.2, 0) is 0 Å². The summed E-state index contributed by atoms with van der Waals surface area (Å²) in [6, 6.07) is 7.86. The van der Waals surface area contributed by atoms with Crippen LogP contribution < -0.4 is 10.5 Å². The predicted octanol–water partition coefficient (Wildman–Crippen LogP) is 2.69. The van der Waals surface area contributed by atoms with Gasteiger partial charge in [-0.2, -0.15) is 5.10 Å². The lowest BCUT2D eigenvalue weighted by atomic mass is 10.1. The van der Waals surface area contributed by atoms with Gasteiger partial charge in [0, 0.05) is 5.56 Å². The average molecular weight is 231 g/mol. The van der Waals surface area contributed by atoms with Crippen LogP contribution in [0.25, 0.3) is 11.1 Å². The fourth-order valence-electron chi connectivity index (χ4n) is 1.52. The van der Waals surface area contributed by atoms with Gasteiger partial charge in [-0.25, -0.2) is 0 Å². The zero-order valence-electron chi connectivity index (χ0n) is 10.1. The van der Waals surface area contributed by atoms with Gasteiger partial charge in [0.25, 0.3) is 0 Å². The Balaban J connectivity index is 2.11. The highest BCUT2D eigenvalue weighted by Gasteiger charge is 2.04. The lowest BCUT2D eigenvalue weighted by molar-refractivity contribution is 0.271. The van der Waals surface area contributed by atoms with Crippen LogP contribution in [0.2, 0.25) is 0 Å². The molecule has 4 nitrogen and oxygen atoms in total. The number of H-pyrrole nitrogens is 1. The third-order valence-electron chi connectivity index (χ3n) is 2.42. The molecule has 0 unspecified atom stereocenters. The van der Waals surface area contributed by atoms with Crippen molar-refractivity contribution in [2.75, 3.05) is 12.3 Å². The van der Waals surface area contributed by atoms with E-state index in [0.29, 0.717) is 11.7 Å². The SMILES string of the molecule is CC(C)COc1ccc(-c2cn[nH]c2N)cc1. The Morgan fingerprint density at radius 1 is 1.29 bits per heavy atom. The number of anilines is 1. The molecule has 0 radical (unpaired) electrons. The van der Waals surface area contributed by atoms with E-state index in [1.807, 2.05) is 24.3 Å². The van der Waals surface area contributed by atoms with E-state index in [-0.39, 0.29) is 0 Å². The van der Waals surface area contributed by atoms with Crippen molar-refractivity contribution < 1.29 is 4.74 Å². The number of hydrogen-bond acceptors (Lipinski definition) is 3. The van der Waals surface area contributed by atoms with Crippen LogP contribution in [0.4, 0.5) is 5.82 Å². The monoisotopic (exact) mass is 231 g/mol. The van der Waals surface area contributed by atoms with Crippen molar-refractivity contribution in [1.82, 2.24) is 10.2 Å². The van der Waals surface area contributed by atoms with Crippen molar-refractivity contribution in [3.8, 4) is 16.9 Å². The minimum Gasteiger partial charge on any atom is -0.493 e. The summed E-state index contributed by atoms with van der Waals surface area (Å²) in [5.41, 5.74) is 7.71. The second-order valence-corrected chi connectivity index (χ2v) is 4.43. The summed E-state index contributed by atoms with van der Waals surface area (Å²) in [7, 11) is 0. The third-order valence-corrected chi connectivity index (χ3v) is 2.42. The molecule has 90 valence electrons. The number of nitrogens with zero attached hydrogens (tertiary/aromatic N) is 1. The maximum atomic E-state index is 5.76. The van der Waals surface area contributed by atoms with Crippen molar-refractivity contribution >= 4 is 5.82 Å². The Labute approximate surface area is 101 Å². The molecule has 0 atom stereocenters. The smallest absolute Gasteiger partial charge is 0.126 e. The summed E-state index contributed by atoms with van der Waals surface area (Å²) in [4.78, 5) is 0. The van der Waals surface area contributed by atoms with Gasteiger partial charge in [0.05, 0.1) is 12.8 Å². The quantitative estimate of drug-likeness (QED) is 0.850. The Hall–Kier alpha value is -1.97. The van der Waals surface area contributed by atoms with Crippen LogP contribution in [-0.4, -0.2) is 16.8 Å². The van der Waals surface area contributed by atoms with Gasteiger partial charge in [0.1, 0.15) is 11.6 Å². The van der Waals surface area contributed by atoms with E-state index in [1.54, 1.807) is 6.20 Å². The molecule has 0 aliphatic rings. The summed E-state index contributed by atoms with van der Waals surface area (Å²) in [5, 5.41) is 6.62. The zero-order chi connectivity index (χ0) is 12.3. The van der Waals surface area contributed by atoms with Crippen molar-refractivity contribution in [2.24, 2.45) is 5.92 Å². The first-order valence-corrected chi connectivity index (χ1v) is 5.69. The molecule has 0 saturated carbocycles. The summed E-state index contributed by atoms with van der Waals surface area (Å²) >= 11 is 0. The number of nitrogens with two attached hydrogens (primary N) is 1. The van der Waals surface area contributed by atoms with Crippen molar-refractivity contribution in [3.63, 3.8) is 0 Å². The van der Waals surface area contributed by atoms with Gasteiger partial charge in [-0.3, -0.25) is 5.10 Å². The Kier molecular flexibility index (Phi) is 3.32. The summed E-state index contributed by atoms with van der Waals surface area (Å²) in [6.07, 6.45) is 1.72. The van der Waals surface area contributed by atoms with E-state index in [4.69, 9.17) is 10.5 Å². The van der Waals surface area contributed by atoms with Crippen LogP contribution >= 0.6 is 0 Å². The molecule has 17 heavy (non-hydrogen) atoms. The van der Waals surface area contributed by atoms with Gasteiger partial charge in [-0.15, -0.1) is 0 Å². The van der Waals surface area contributed by atoms with Gasteiger partial charge in [0.2, 0.25) is 0 Å². The van der Waals surface area contributed by atoms with E-state index >= 15 is 0 Å². The Morgan fingerprint density at radius 2 is 2.00 bits per heavy atom. The van der Waals surface area contributed by atoms with Crippen LogP contribution in [0.3, 0.4) is 0 Å². The topological polar surface area (TPSA) is 63.9 Å². The summed E-state index contributed by atoms with van der Waals surface area (Å²) in [5.74, 6) is 1.99. The van der Waals surface area contributed by atoms with E-state index < -0.39 is 0 Å². The molecule has 0 fully saturated rings. The Bertz CT molecular complexity index is 474. The molecule has 1 aromatic heterocycles. The van der Waals surface area contributed by atoms with Crippen molar-refractivity contribution in [3.05, 3.63) is 30.5 Å². The predicted molar refractivity (Wildman–Crippen MR) is 68.8 cm³/mol. The average Bonchev–Trinajstić information content (AvgIpc) is 2.73. The van der Waals surface area contributed by atoms with E-state index in [9.17, 15) is 0 Å². The highest BCUT2D eigenvalue weighted by Crippen LogP contribution is 2.25. The van der Waals surface area contributed by atoms with E-state index in [0.717, 1.165) is 23.5 Å².